The van der Waals surface area contributed by atoms with Crippen molar-refractivity contribution in [2.75, 3.05) is 18.1 Å². The van der Waals surface area contributed by atoms with E-state index in [0.29, 0.717) is 17.6 Å². The summed E-state index contributed by atoms with van der Waals surface area (Å²) in [5.41, 5.74) is 2.53. The monoisotopic (exact) mass is 291 g/mol. The molecule has 21 heavy (non-hydrogen) atoms. The molecule has 0 amide bonds. The Labute approximate surface area is 124 Å². The van der Waals surface area contributed by atoms with Crippen LogP contribution >= 0.6 is 0 Å². The molecule has 0 aromatic heterocycles. The molecule has 6 nitrogen and oxygen atoms in total. The van der Waals surface area contributed by atoms with Crippen molar-refractivity contribution in [1.82, 2.24) is 4.90 Å². The van der Waals surface area contributed by atoms with Gasteiger partial charge in [0.2, 0.25) is 0 Å². The number of hydrogen-bond donors (Lipinski definition) is 1. The van der Waals surface area contributed by atoms with E-state index in [1.165, 1.54) is 0 Å². The summed E-state index contributed by atoms with van der Waals surface area (Å²) < 4.78 is 0. The second kappa shape index (κ2) is 5.27. The number of aliphatic hydroxyl groups is 1. The van der Waals surface area contributed by atoms with Gasteiger partial charge in [-0.1, -0.05) is 0 Å². The van der Waals surface area contributed by atoms with Crippen LogP contribution in [0.25, 0.3) is 0 Å². The van der Waals surface area contributed by atoms with E-state index in [9.17, 15) is 15.2 Å². The van der Waals surface area contributed by atoms with Gasteiger partial charge in [0.1, 0.15) is 0 Å². The van der Waals surface area contributed by atoms with Crippen molar-refractivity contribution in [2.24, 2.45) is 0 Å². The fourth-order valence-electron chi connectivity index (χ4n) is 3.39. The van der Waals surface area contributed by atoms with E-state index in [0.717, 1.165) is 37.3 Å². The van der Waals surface area contributed by atoms with E-state index in [4.69, 9.17) is 0 Å². The summed E-state index contributed by atoms with van der Waals surface area (Å²) in [5.74, 6) is 0. The SMILES string of the molecule is CC(C)N1CC2CCc3cc(CO)c([N+](=O)[O-])cc3N2C1. The number of anilines is 1. The Morgan fingerprint density at radius 3 is 2.86 bits per heavy atom. The van der Waals surface area contributed by atoms with Gasteiger partial charge in [0.15, 0.2) is 0 Å². The lowest BCUT2D eigenvalue weighted by atomic mass is 9.94. The van der Waals surface area contributed by atoms with Crippen molar-refractivity contribution in [2.45, 2.75) is 45.4 Å². The highest BCUT2D eigenvalue weighted by Gasteiger charge is 2.36. The Balaban J connectivity index is 2.00. The molecule has 1 aromatic carbocycles. The molecule has 2 aliphatic heterocycles. The van der Waals surface area contributed by atoms with Crippen molar-refractivity contribution in [3.05, 3.63) is 33.4 Å². The summed E-state index contributed by atoms with van der Waals surface area (Å²) in [4.78, 5) is 15.5. The standard InChI is InChI=1S/C15H21N3O3/c1-10(2)16-7-13-4-3-11-5-12(8-19)15(18(20)21)6-14(11)17(13)9-16/h5-6,10,13,19H,3-4,7-9H2,1-2H3. The quantitative estimate of drug-likeness (QED) is 0.680. The molecule has 1 unspecified atom stereocenters. The Morgan fingerprint density at radius 2 is 2.24 bits per heavy atom. The van der Waals surface area contributed by atoms with Crippen LogP contribution in [0.3, 0.4) is 0 Å². The maximum atomic E-state index is 11.2. The van der Waals surface area contributed by atoms with Crippen LogP contribution in [0.15, 0.2) is 12.1 Å². The lowest BCUT2D eigenvalue weighted by molar-refractivity contribution is -0.385. The normalized spacial score (nSPS) is 21.5. The smallest absolute Gasteiger partial charge is 0.276 e. The largest absolute Gasteiger partial charge is 0.391 e. The molecule has 1 aromatic rings. The number of hydrogen-bond acceptors (Lipinski definition) is 5. The van der Waals surface area contributed by atoms with Crippen molar-refractivity contribution in [1.29, 1.82) is 0 Å². The van der Waals surface area contributed by atoms with Gasteiger partial charge in [-0.05, 0) is 38.3 Å². The van der Waals surface area contributed by atoms with Crippen molar-refractivity contribution < 1.29 is 10.0 Å². The van der Waals surface area contributed by atoms with Crippen LogP contribution in [0, 0.1) is 10.1 Å². The molecule has 1 saturated heterocycles. The van der Waals surface area contributed by atoms with Crippen molar-refractivity contribution in [3.63, 3.8) is 0 Å². The zero-order valence-corrected chi connectivity index (χ0v) is 12.5. The minimum absolute atomic E-state index is 0.0277. The van der Waals surface area contributed by atoms with Gasteiger partial charge >= 0.3 is 0 Å². The number of fused-ring (bicyclic) bond motifs is 3. The van der Waals surface area contributed by atoms with Gasteiger partial charge in [-0.25, -0.2) is 0 Å². The Morgan fingerprint density at radius 1 is 1.48 bits per heavy atom. The van der Waals surface area contributed by atoms with Crippen LogP contribution in [0.5, 0.6) is 0 Å². The average Bonchev–Trinajstić information content (AvgIpc) is 2.90. The topological polar surface area (TPSA) is 69.8 Å². The van der Waals surface area contributed by atoms with Gasteiger partial charge < -0.3 is 10.0 Å². The zero-order chi connectivity index (χ0) is 15.1. The van der Waals surface area contributed by atoms with Crippen LogP contribution in [-0.2, 0) is 13.0 Å². The molecule has 1 fully saturated rings. The molecular weight excluding hydrogens is 270 g/mol. The lowest BCUT2D eigenvalue weighted by Crippen LogP contribution is -2.35. The Hall–Kier alpha value is -1.66. The minimum atomic E-state index is -0.397. The number of nitro groups is 1. The summed E-state index contributed by atoms with van der Waals surface area (Å²) in [6.07, 6.45) is 1.99. The fourth-order valence-corrected chi connectivity index (χ4v) is 3.39. The predicted octanol–water partition coefficient (Wildman–Crippen LogP) is 1.89. The summed E-state index contributed by atoms with van der Waals surface area (Å²) >= 11 is 0. The summed E-state index contributed by atoms with van der Waals surface area (Å²) in [6.45, 7) is 5.91. The van der Waals surface area contributed by atoms with Gasteiger partial charge in [0.05, 0.1) is 23.8 Å². The third kappa shape index (κ3) is 2.38. The second-order valence-corrected chi connectivity index (χ2v) is 6.19. The first-order valence-corrected chi connectivity index (χ1v) is 7.43. The van der Waals surface area contributed by atoms with E-state index in [-0.39, 0.29) is 12.3 Å². The van der Waals surface area contributed by atoms with Gasteiger partial charge in [-0.3, -0.25) is 15.0 Å². The molecule has 3 rings (SSSR count). The van der Waals surface area contributed by atoms with E-state index in [1.807, 2.05) is 6.07 Å². The third-order valence-electron chi connectivity index (χ3n) is 4.65. The van der Waals surface area contributed by atoms with Gasteiger partial charge in [-0.15, -0.1) is 0 Å². The van der Waals surface area contributed by atoms with Crippen LogP contribution in [0.4, 0.5) is 11.4 Å². The lowest BCUT2D eigenvalue weighted by Gasteiger charge is -2.32. The molecule has 0 saturated carbocycles. The number of nitro benzene ring substituents is 1. The van der Waals surface area contributed by atoms with Crippen molar-refractivity contribution >= 4 is 11.4 Å². The fraction of sp³-hybridized carbons (Fsp3) is 0.600. The highest BCUT2D eigenvalue weighted by atomic mass is 16.6. The first-order chi connectivity index (χ1) is 10.0. The van der Waals surface area contributed by atoms with E-state index < -0.39 is 4.92 Å². The molecule has 1 atom stereocenters. The summed E-state index contributed by atoms with van der Waals surface area (Å²) in [7, 11) is 0. The molecular formula is C15H21N3O3. The van der Waals surface area contributed by atoms with Crippen LogP contribution in [0.2, 0.25) is 0 Å². The van der Waals surface area contributed by atoms with E-state index in [1.54, 1.807) is 6.07 Å². The Bertz CT molecular complexity index is 574. The third-order valence-corrected chi connectivity index (χ3v) is 4.65. The highest BCUT2D eigenvalue weighted by molar-refractivity contribution is 5.64. The average molecular weight is 291 g/mol. The van der Waals surface area contributed by atoms with Crippen LogP contribution in [-0.4, -0.2) is 40.2 Å². The summed E-state index contributed by atoms with van der Waals surface area (Å²) in [6, 6.07) is 4.38. The number of nitrogens with zero attached hydrogens (tertiary/aromatic N) is 3. The van der Waals surface area contributed by atoms with Crippen molar-refractivity contribution in [3.8, 4) is 0 Å². The van der Waals surface area contributed by atoms with Gasteiger partial charge in [0, 0.05) is 30.4 Å². The minimum Gasteiger partial charge on any atom is -0.391 e. The van der Waals surface area contributed by atoms with Crippen LogP contribution < -0.4 is 4.90 Å². The molecule has 0 radical (unpaired) electrons. The molecule has 6 heteroatoms. The molecule has 0 aliphatic carbocycles. The van der Waals surface area contributed by atoms with Crippen LogP contribution in [0.1, 0.15) is 31.4 Å². The van der Waals surface area contributed by atoms with E-state index in [2.05, 4.69) is 23.6 Å². The molecule has 2 aliphatic rings. The number of rotatable bonds is 3. The second-order valence-electron chi connectivity index (χ2n) is 6.19. The summed E-state index contributed by atoms with van der Waals surface area (Å²) in [5, 5.41) is 20.5. The number of aryl methyl sites for hydroxylation is 1. The predicted molar refractivity (Wildman–Crippen MR) is 80.3 cm³/mol. The molecule has 0 spiro atoms. The molecule has 0 bridgehead atoms. The first-order valence-electron chi connectivity index (χ1n) is 7.43. The highest BCUT2D eigenvalue weighted by Crippen LogP contribution is 2.38. The molecule has 2 heterocycles. The Kier molecular flexibility index (Phi) is 3.59. The molecule has 114 valence electrons. The number of aliphatic hydroxyl groups excluding tert-OH is 1. The maximum absolute atomic E-state index is 11.2. The number of benzene rings is 1. The maximum Gasteiger partial charge on any atom is 0.276 e. The van der Waals surface area contributed by atoms with E-state index >= 15 is 0 Å². The zero-order valence-electron chi connectivity index (χ0n) is 12.5. The first kappa shape index (κ1) is 14.3. The molecule has 1 N–H and O–H groups in total. The van der Waals surface area contributed by atoms with Gasteiger partial charge in [0.25, 0.3) is 5.69 Å². The van der Waals surface area contributed by atoms with Gasteiger partial charge in [-0.2, -0.15) is 0 Å².